The van der Waals surface area contributed by atoms with Crippen LogP contribution in [0.4, 0.5) is 0 Å². The van der Waals surface area contributed by atoms with E-state index >= 15 is 0 Å². The van der Waals surface area contributed by atoms with E-state index in [0.717, 1.165) is 0 Å². The summed E-state index contributed by atoms with van der Waals surface area (Å²) in [6.07, 6.45) is 2.69. The molecule has 0 rings (SSSR count). The van der Waals surface area contributed by atoms with Gasteiger partial charge in [-0.2, -0.15) is 0 Å². The third kappa shape index (κ3) is 59.7. The zero-order valence-electron chi connectivity index (χ0n) is 15.5. The molecular weight excluding hydrogens is 411 g/mol. The van der Waals surface area contributed by atoms with Crippen molar-refractivity contribution >= 4 is 24.1 Å². The molecule has 0 aromatic carbocycles. The molecule has 0 radical (unpaired) electrons. The average Bonchev–Trinajstić information content (AvgIpc) is 2.54. The van der Waals surface area contributed by atoms with E-state index in [1.54, 1.807) is 27.7 Å². The fourth-order valence-corrected chi connectivity index (χ4v) is 0.695. The average molecular weight is 442 g/mol. The van der Waals surface area contributed by atoms with Crippen molar-refractivity contribution in [2.24, 2.45) is 0 Å². The minimum Gasteiger partial charge on any atom is -0.541 e. The Kier molecular flexibility index (Phi) is 55.1. The number of aliphatic hydroxyl groups excluding tert-OH is 2. The first-order valence-corrected chi connectivity index (χ1v) is 7.55. The summed E-state index contributed by atoms with van der Waals surface area (Å²) < 4.78 is 9.44. The van der Waals surface area contributed by atoms with Crippen LogP contribution >= 0.6 is 0 Å². The van der Waals surface area contributed by atoms with Gasteiger partial charge in [-0.05, 0) is 27.7 Å². The standard InChI is InChI=1S/2C6H9O3.2C2H6O.Zr/c2*1-2-9-5-6(8)3-4-7;2*1-2-3;/h2*2-3,5H2,1H3;2*3H,2H2,1H3;/q2*-1;;;+2. The third-order valence-corrected chi connectivity index (χ3v) is 1.47. The van der Waals surface area contributed by atoms with Gasteiger partial charge in [0.05, 0.1) is 0 Å². The Bertz CT molecular complexity index is 257. The predicted octanol–water partition coefficient (Wildman–Crippen LogP) is 0.178. The maximum absolute atomic E-state index is 10.4. The number of carbonyl (C=O) groups excluding carboxylic acids is 4. The molecule has 25 heavy (non-hydrogen) atoms. The molecule has 0 amide bonds. The van der Waals surface area contributed by atoms with Crippen LogP contribution in [0.3, 0.4) is 0 Å². The molecule has 0 aromatic heterocycles. The molecule has 0 heterocycles. The van der Waals surface area contributed by atoms with Crippen LogP contribution in [0.1, 0.15) is 40.5 Å². The van der Waals surface area contributed by atoms with E-state index in [1.807, 2.05) is 0 Å². The molecule has 0 bridgehead atoms. The van der Waals surface area contributed by atoms with Crippen LogP contribution in [0.2, 0.25) is 0 Å². The largest absolute Gasteiger partial charge is 2.00 e. The first-order chi connectivity index (χ1) is 11.4. The Labute approximate surface area is 169 Å². The quantitative estimate of drug-likeness (QED) is 0.363. The molecular formula is C16H30O8Zr. The smallest absolute Gasteiger partial charge is 0.541 e. The molecule has 0 saturated carbocycles. The molecule has 0 unspecified atom stereocenters. The summed E-state index contributed by atoms with van der Waals surface area (Å²) in [7, 11) is 0. The second-order valence-corrected chi connectivity index (χ2v) is 3.63. The summed E-state index contributed by atoms with van der Waals surface area (Å²) >= 11 is 0. The molecule has 0 aliphatic rings. The van der Waals surface area contributed by atoms with Crippen LogP contribution in [0.15, 0.2) is 0 Å². The summed E-state index contributed by atoms with van der Waals surface area (Å²) in [6.45, 7) is 8.52. The van der Waals surface area contributed by atoms with Crippen LogP contribution in [0.5, 0.6) is 0 Å². The maximum Gasteiger partial charge on any atom is 2.00 e. The second-order valence-electron chi connectivity index (χ2n) is 3.63. The first-order valence-electron chi connectivity index (χ1n) is 7.55. The summed E-state index contributed by atoms with van der Waals surface area (Å²) in [4.78, 5) is 40.0. The van der Waals surface area contributed by atoms with Gasteiger partial charge in [-0.25, -0.2) is 0 Å². The molecule has 0 atom stereocenters. The van der Waals surface area contributed by atoms with Crippen LogP contribution in [-0.2, 0) is 54.9 Å². The summed E-state index contributed by atoms with van der Waals surface area (Å²) in [6, 6.07) is 0. The van der Waals surface area contributed by atoms with Crippen LogP contribution in [0, 0.1) is 0 Å². The molecule has 146 valence electrons. The molecule has 0 aliphatic heterocycles. The second kappa shape index (κ2) is 38.8. The van der Waals surface area contributed by atoms with Crippen molar-refractivity contribution in [2.45, 2.75) is 40.5 Å². The zero-order chi connectivity index (χ0) is 19.6. The molecule has 2 N–H and O–H groups in total. The van der Waals surface area contributed by atoms with E-state index < -0.39 is 0 Å². The van der Waals surface area contributed by atoms with Crippen molar-refractivity contribution in [3.8, 4) is 0 Å². The number of ketones is 2. The Balaban J connectivity index is -0.0000000788. The van der Waals surface area contributed by atoms with Crippen LogP contribution in [0.25, 0.3) is 0 Å². The summed E-state index contributed by atoms with van der Waals surface area (Å²) in [5, 5.41) is 15.1. The van der Waals surface area contributed by atoms with Gasteiger partial charge >= 0.3 is 26.2 Å². The number of ether oxygens (including phenoxy) is 2. The Morgan fingerprint density at radius 1 is 0.760 bits per heavy atom. The third-order valence-electron chi connectivity index (χ3n) is 1.47. The topological polar surface area (TPSA) is 127 Å². The van der Waals surface area contributed by atoms with Gasteiger partial charge < -0.3 is 29.3 Å². The maximum atomic E-state index is 10.4. The summed E-state index contributed by atoms with van der Waals surface area (Å²) in [5.41, 5.74) is 0. The number of hydrogen-bond acceptors (Lipinski definition) is 8. The van der Waals surface area contributed by atoms with E-state index in [9.17, 15) is 19.2 Å². The Morgan fingerprint density at radius 3 is 1.16 bits per heavy atom. The van der Waals surface area contributed by atoms with E-state index in [0.29, 0.717) is 13.2 Å². The molecule has 9 heteroatoms. The molecule has 0 spiro atoms. The zero-order valence-corrected chi connectivity index (χ0v) is 18.0. The fraction of sp³-hybridized carbons (Fsp3) is 0.750. The number of Topliss-reactive ketones (excluding diaryl/α,β-unsaturated/α-hetero) is 2. The van der Waals surface area contributed by atoms with E-state index in [4.69, 9.17) is 19.7 Å². The van der Waals surface area contributed by atoms with Crippen molar-refractivity contribution in [3.05, 3.63) is 0 Å². The van der Waals surface area contributed by atoms with Crippen molar-refractivity contribution in [1.82, 2.24) is 0 Å². The van der Waals surface area contributed by atoms with Crippen molar-refractivity contribution < 1.29 is 65.1 Å². The fourth-order valence-electron chi connectivity index (χ4n) is 0.695. The first kappa shape index (κ1) is 35.5. The monoisotopic (exact) mass is 440 g/mol. The van der Waals surface area contributed by atoms with Gasteiger partial charge in [0.25, 0.3) is 0 Å². The Morgan fingerprint density at radius 2 is 1.00 bits per heavy atom. The minimum absolute atomic E-state index is 0. The molecule has 0 fully saturated rings. The van der Waals surface area contributed by atoms with Crippen molar-refractivity contribution in [3.63, 3.8) is 0 Å². The Hall–Kier alpha value is -0.597. The van der Waals surface area contributed by atoms with Gasteiger partial charge in [0, 0.05) is 26.4 Å². The van der Waals surface area contributed by atoms with Gasteiger partial charge in [0.2, 0.25) is 0 Å². The molecule has 0 aliphatic carbocycles. The van der Waals surface area contributed by atoms with Gasteiger partial charge in [-0.1, -0.05) is 12.8 Å². The minimum atomic E-state index is -0.216. The van der Waals surface area contributed by atoms with Gasteiger partial charge in [0.1, 0.15) is 24.8 Å². The normalized spacial score (nSPS) is 7.92. The van der Waals surface area contributed by atoms with Gasteiger partial charge in [-0.15, -0.1) is 0 Å². The van der Waals surface area contributed by atoms with Crippen molar-refractivity contribution in [2.75, 3.05) is 39.6 Å². The van der Waals surface area contributed by atoms with E-state index in [2.05, 4.69) is 0 Å². The van der Waals surface area contributed by atoms with Gasteiger partial charge in [0.15, 0.2) is 0 Å². The number of carbonyl (C=O) groups is 2. The van der Waals surface area contributed by atoms with Gasteiger partial charge in [-0.3, -0.25) is 22.2 Å². The van der Waals surface area contributed by atoms with Crippen LogP contribution < -0.4 is 0 Å². The van der Waals surface area contributed by atoms with Crippen LogP contribution in [-0.4, -0.2) is 74.0 Å². The van der Waals surface area contributed by atoms with Crippen molar-refractivity contribution in [1.29, 1.82) is 0 Å². The molecule has 0 aromatic rings. The molecule has 0 saturated heterocycles. The summed E-state index contributed by atoms with van der Waals surface area (Å²) in [5.74, 6) is -0.432. The predicted molar refractivity (Wildman–Crippen MR) is 89.1 cm³/mol. The number of rotatable bonds is 10. The van der Waals surface area contributed by atoms with E-state index in [-0.39, 0.29) is 77.0 Å². The molecule has 8 nitrogen and oxygen atoms in total. The number of hydrogen-bond donors (Lipinski definition) is 2. The van der Waals surface area contributed by atoms with E-state index in [1.165, 1.54) is 12.6 Å². The SMILES string of the molecule is CCO.CCO.CCOCC(=O)C[C-]=O.CCOCC(=O)C[C-]=O.[Zr+2]. The number of aliphatic hydroxyl groups is 2.